The van der Waals surface area contributed by atoms with E-state index >= 15 is 0 Å². The fraction of sp³-hybridized carbons (Fsp3) is 0.200. The lowest BCUT2D eigenvalue weighted by Gasteiger charge is -2.17. The Hall–Kier alpha value is -2.76. The van der Waals surface area contributed by atoms with Crippen LogP contribution in [0.3, 0.4) is 0 Å². The molecule has 108 valence electrons. The molecule has 0 aliphatic carbocycles. The third-order valence-electron chi connectivity index (χ3n) is 3.00. The number of amides is 1. The molecule has 2 aromatic rings. The van der Waals surface area contributed by atoms with Gasteiger partial charge in [-0.3, -0.25) is 9.78 Å². The summed E-state index contributed by atoms with van der Waals surface area (Å²) in [5, 5.41) is 8.89. The standard InChI is InChI=1S/C15H15N3O3/c1-18(9-6-12-4-2-3-7-16-12)14(19)11-5-8-17-13(10-11)15(20)21/h2-5,7-8,10H,6,9H2,1H3,(H,20,21). The lowest BCUT2D eigenvalue weighted by Crippen LogP contribution is -2.29. The Morgan fingerprint density at radius 3 is 2.67 bits per heavy atom. The van der Waals surface area contributed by atoms with Gasteiger partial charge in [0.05, 0.1) is 0 Å². The van der Waals surface area contributed by atoms with Crippen molar-refractivity contribution in [3.05, 3.63) is 59.7 Å². The predicted molar refractivity (Wildman–Crippen MR) is 76.1 cm³/mol. The van der Waals surface area contributed by atoms with Gasteiger partial charge in [0.2, 0.25) is 0 Å². The van der Waals surface area contributed by atoms with Crippen LogP contribution in [0, 0.1) is 0 Å². The maximum absolute atomic E-state index is 12.2. The smallest absolute Gasteiger partial charge is 0.354 e. The number of hydrogen-bond donors (Lipinski definition) is 1. The average Bonchev–Trinajstić information content (AvgIpc) is 2.53. The van der Waals surface area contributed by atoms with E-state index in [9.17, 15) is 9.59 Å². The first-order valence-electron chi connectivity index (χ1n) is 6.42. The molecule has 0 unspecified atom stereocenters. The number of nitrogens with zero attached hydrogens (tertiary/aromatic N) is 3. The minimum atomic E-state index is -1.15. The van der Waals surface area contributed by atoms with Crippen molar-refractivity contribution in [2.45, 2.75) is 6.42 Å². The highest BCUT2D eigenvalue weighted by atomic mass is 16.4. The van der Waals surface area contributed by atoms with Crippen LogP contribution in [0.15, 0.2) is 42.7 Å². The van der Waals surface area contributed by atoms with Crippen LogP contribution < -0.4 is 0 Å². The van der Waals surface area contributed by atoms with Gasteiger partial charge in [0.25, 0.3) is 5.91 Å². The summed E-state index contributed by atoms with van der Waals surface area (Å²) in [5.74, 6) is -1.39. The van der Waals surface area contributed by atoms with Gasteiger partial charge in [-0.1, -0.05) is 6.07 Å². The third kappa shape index (κ3) is 3.85. The molecule has 6 heteroatoms. The van der Waals surface area contributed by atoms with Crippen LogP contribution in [0.2, 0.25) is 0 Å². The summed E-state index contributed by atoms with van der Waals surface area (Å²) >= 11 is 0. The zero-order valence-electron chi connectivity index (χ0n) is 11.6. The molecule has 0 aliphatic heterocycles. The van der Waals surface area contributed by atoms with Crippen LogP contribution in [-0.2, 0) is 6.42 Å². The molecule has 0 fully saturated rings. The molecule has 2 heterocycles. The molecule has 0 saturated carbocycles. The van der Waals surface area contributed by atoms with Crippen molar-refractivity contribution < 1.29 is 14.7 Å². The largest absolute Gasteiger partial charge is 0.477 e. The number of pyridine rings is 2. The Morgan fingerprint density at radius 2 is 2.00 bits per heavy atom. The van der Waals surface area contributed by atoms with E-state index in [1.165, 1.54) is 23.2 Å². The van der Waals surface area contributed by atoms with Crippen LogP contribution in [0.1, 0.15) is 26.5 Å². The van der Waals surface area contributed by atoms with Crippen LogP contribution in [0.25, 0.3) is 0 Å². The minimum Gasteiger partial charge on any atom is -0.477 e. The molecule has 0 bridgehead atoms. The van der Waals surface area contributed by atoms with Crippen molar-refractivity contribution in [1.29, 1.82) is 0 Å². The van der Waals surface area contributed by atoms with E-state index in [1.54, 1.807) is 13.2 Å². The fourth-order valence-corrected chi connectivity index (χ4v) is 1.83. The first-order valence-corrected chi connectivity index (χ1v) is 6.42. The predicted octanol–water partition coefficient (Wildman–Crippen LogP) is 1.49. The van der Waals surface area contributed by atoms with E-state index in [4.69, 9.17) is 5.11 Å². The highest BCUT2D eigenvalue weighted by molar-refractivity contribution is 5.96. The highest BCUT2D eigenvalue weighted by Crippen LogP contribution is 2.06. The van der Waals surface area contributed by atoms with Gasteiger partial charge >= 0.3 is 5.97 Å². The zero-order valence-corrected chi connectivity index (χ0v) is 11.6. The summed E-state index contributed by atoms with van der Waals surface area (Å²) in [6.45, 7) is 0.501. The molecule has 1 amide bonds. The van der Waals surface area contributed by atoms with Gasteiger partial charge in [0, 0.05) is 43.7 Å². The van der Waals surface area contributed by atoms with Gasteiger partial charge in [0.1, 0.15) is 5.69 Å². The van der Waals surface area contributed by atoms with Gasteiger partial charge in [-0.15, -0.1) is 0 Å². The molecule has 0 aliphatic rings. The number of carbonyl (C=O) groups is 2. The SMILES string of the molecule is CN(CCc1ccccn1)C(=O)c1ccnc(C(=O)O)c1. The maximum atomic E-state index is 12.2. The van der Waals surface area contributed by atoms with Crippen molar-refractivity contribution in [2.75, 3.05) is 13.6 Å². The number of carbonyl (C=O) groups excluding carboxylic acids is 1. The van der Waals surface area contributed by atoms with Gasteiger partial charge < -0.3 is 10.0 Å². The highest BCUT2D eigenvalue weighted by Gasteiger charge is 2.14. The van der Waals surface area contributed by atoms with Crippen molar-refractivity contribution >= 4 is 11.9 Å². The van der Waals surface area contributed by atoms with Crippen LogP contribution in [0.5, 0.6) is 0 Å². The molecule has 0 saturated heterocycles. The molecule has 0 radical (unpaired) electrons. The third-order valence-corrected chi connectivity index (χ3v) is 3.00. The normalized spacial score (nSPS) is 10.1. The summed E-state index contributed by atoms with van der Waals surface area (Å²) in [6.07, 6.45) is 3.67. The van der Waals surface area contributed by atoms with Crippen LogP contribution >= 0.6 is 0 Å². The van der Waals surface area contributed by atoms with E-state index in [1.807, 2.05) is 18.2 Å². The molecule has 0 aromatic carbocycles. The molecule has 0 spiro atoms. The number of likely N-dealkylation sites (N-methyl/N-ethyl adjacent to an activating group) is 1. The molecule has 1 N–H and O–H groups in total. The van der Waals surface area contributed by atoms with E-state index in [0.717, 1.165) is 5.69 Å². The number of aromatic nitrogens is 2. The molecule has 2 aromatic heterocycles. The monoisotopic (exact) mass is 285 g/mol. The van der Waals surface area contributed by atoms with E-state index in [-0.39, 0.29) is 11.6 Å². The topological polar surface area (TPSA) is 83.4 Å². The lowest BCUT2D eigenvalue weighted by atomic mass is 10.2. The average molecular weight is 285 g/mol. The second-order valence-electron chi connectivity index (χ2n) is 4.53. The van der Waals surface area contributed by atoms with E-state index in [2.05, 4.69) is 9.97 Å². The van der Waals surface area contributed by atoms with Crippen LogP contribution in [-0.4, -0.2) is 45.4 Å². The first kappa shape index (κ1) is 14.6. The Morgan fingerprint density at radius 1 is 1.19 bits per heavy atom. The Bertz CT molecular complexity index is 644. The fourth-order valence-electron chi connectivity index (χ4n) is 1.83. The number of rotatable bonds is 5. The van der Waals surface area contributed by atoms with Gasteiger partial charge in [-0.25, -0.2) is 9.78 Å². The summed E-state index contributed by atoms with van der Waals surface area (Å²) < 4.78 is 0. The van der Waals surface area contributed by atoms with Crippen LogP contribution in [0.4, 0.5) is 0 Å². The zero-order chi connectivity index (χ0) is 15.2. The van der Waals surface area contributed by atoms with Gasteiger partial charge in [-0.05, 0) is 24.3 Å². The number of carboxylic acid groups (broad SMARTS) is 1. The quantitative estimate of drug-likeness (QED) is 0.899. The van der Waals surface area contributed by atoms with Gasteiger partial charge in [0.15, 0.2) is 0 Å². The minimum absolute atomic E-state index is 0.140. The molecule has 6 nitrogen and oxygen atoms in total. The Labute approximate surface area is 122 Å². The first-order chi connectivity index (χ1) is 10.1. The Balaban J connectivity index is 2.02. The number of aromatic carboxylic acids is 1. The second kappa shape index (κ2) is 6.60. The molecule has 2 rings (SSSR count). The van der Waals surface area contributed by atoms with Gasteiger partial charge in [-0.2, -0.15) is 0 Å². The van der Waals surface area contributed by atoms with Crippen molar-refractivity contribution in [3.8, 4) is 0 Å². The number of hydrogen-bond acceptors (Lipinski definition) is 4. The van der Waals surface area contributed by atoms with E-state index in [0.29, 0.717) is 18.5 Å². The summed E-state index contributed by atoms with van der Waals surface area (Å²) in [5.41, 5.74) is 1.07. The molecular formula is C15H15N3O3. The maximum Gasteiger partial charge on any atom is 0.354 e. The summed E-state index contributed by atoms with van der Waals surface area (Å²) in [7, 11) is 1.67. The van der Waals surface area contributed by atoms with Crippen molar-refractivity contribution in [3.63, 3.8) is 0 Å². The summed E-state index contributed by atoms with van der Waals surface area (Å²) in [4.78, 5) is 32.5. The molecule has 0 atom stereocenters. The number of carboxylic acids is 1. The molecular weight excluding hydrogens is 270 g/mol. The van der Waals surface area contributed by atoms with Crippen molar-refractivity contribution in [1.82, 2.24) is 14.9 Å². The lowest BCUT2D eigenvalue weighted by molar-refractivity contribution is 0.0690. The second-order valence-corrected chi connectivity index (χ2v) is 4.53. The summed E-state index contributed by atoms with van der Waals surface area (Å²) in [6, 6.07) is 8.41. The van der Waals surface area contributed by atoms with E-state index < -0.39 is 5.97 Å². The molecule has 21 heavy (non-hydrogen) atoms. The van der Waals surface area contributed by atoms with Crippen molar-refractivity contribution in [2.24, 2.45) is 0 Å². The Kier molecular flexibility index (Phi) is 4.61.